The highest BCUT2D eigenvalue weighted by atomic mass is 32.2. The van der Waals surface area contributed by atoms with E-state index in [1.165, 1.54) is 18.5 Å². The van der Waals surface area contributed by atoms with E-state index in [2.05, 4.69) is 10.3 Å². The molecule has 0 bridgehead atoms. The molecular formula is C14H13F3N2OS. The van der Waals surface area contributed by atoms with Crippen LogP contribution in [0.5, 0.6) is 0 Å². The van der Waals surface area contributed by atoms with Crippen LogP contribution >= 0.6 is 11.8 Å². The van der Waals surface area contributed by atoms with Crippen LogP contribution in [0, 0.1) is 0 Å². The van der Waals surface area contributed by atoms with Crippen LogP contribution in [0.25, 0.3) is 0 Å². The highest BCUT2D eigenvalue weighted by Gasteiger charge is 2.34. The second-order valence-electron chi connectivity index (χ2n) is 4.87. The smallest absolute Gasteiger partial charge is 0.416 e. The van der Waals surface area contributed by atoms with Gasteiger partial charge in [0.05, 0.1) is 11.8 Å². The second kappa shape index (κ2) is 5.73. The number of hydrogen-bond acceptors (Lipinski definition) is 4. The predicted octanol–water partition coefficient (Wildman–Crippen LogP) is 4.10. The molecule has 0 spiro atoms. The number of nitrogens with one attached hydrogen (secondary N) is 1. The lowest BCUT2D eigenvalue weighted by Crippen LogP contribution is -2.19. The Bertz CT molecular complexity index is 609. The molecule has 112 valence electrons. The molecule has 1 aliphatic rings. The molecule has 0 aliphatic heterocycles. The average Bonchev–Trinajstić information content (AvgIpc) is 3.12. The Morgan fingerprint density at radius 3 is 2.76 bits per heavy atom. The van der Waals surface area contributed by atoms with Gasteiger partial charge in [-0.15, -0.1) is 0 Å². The van der Waals surface area contributed by atoms with Gasteiger partial charge in [-0.1, -0.05) is 6.07 Å². The molecule has 3 rings (SSSR count). The minimum absolute atomic E-state index is 0.240. The number of oxazole rings is 1. The van der Waals surface area contributed by atoms with E-state index in [-0.39, 0.29) is 12.1 Å². The standard InChI is InChI=1S/C14H13F3N2OS/c15-14(16,17)12-7-11(21-13-18-5-6-20-13)4-1-9(12)8-19-10-2-3-10/h1,4-7,10,19H,2-3,8H2. The molecule has 0 radical (unpaired) electrons. The van der Waals surface area contributed by atoms with Crippen molar-refractivity contribution in [2.24, 2.45) is 0 Å². The number of halogens is 3. The van der Waals surface area contributed by atoms with Crippen molar-refractivity contribution in [2.45, 2.75) is 41.7 Å². The van der Waals surface area contributed by atoms with Gasteiger partial charge in [-0.2, -0.15) is 13.2 Å². The molecule has 3 nitrogen and oxygen atoms in total. The number of alkyl halides is 3. The van der Waals surface area contributed by atoms with Gasteiger partial charge >= 0.3 is 6.18 Å². The summed E-state index contributed by atoms with van der Waals surface area (Å²) in [5, 5.41) is 3.44. The summed E-state index contributed by atoms with van der Waals surface area (Å²) < 4.78 is 44.6. The molecule has 0 amide bonds. The van der Waals surface area contributed by atoms with Crippen LogP contribution in [0.4, 0.5) is 13.2 Å². The number of rotatable bonds is 5. The summed E-state index contributed by atoms with van der Waals surface area (Å²) in [5.41, 5.74) is -0.335. The van der Waals surface area contributed by atoms with E-state index < -0.39 is 11.7 Å². The van der Waals surface area contributed by atoms with Crippen molar-refractivity contribution in [1.29, 1.82) is 0 Å². The van der Waals surface area contributed by atoms with E-state index in [0.717, 1.165) is 30.7 Å². The van der Waals surface area contributed by atoms with Gasteiger partial charge in [0.15, 0.2) is 0 Å². The molecule has 21 heavy (non-hydrogen) atoms. The van der Waals surface area contributed by atoms with Crippen molar-refractivity contribution in [1.82, 2.24) is 10.3 Å². The van der Waals surface area contributed by atoms with Gasteiger partial charge in [-0.3, -0.25) is 0 Å². The molecule has 2 aromatic rings. The molecule has 1 aliphatic carbocycles. The summed E-state index contributed by atoms with van der Waals surface area (Å²) in [6.07, 6.45) is 0.564. The summed E-state index contributed by atoms with van der Waals surface area (Å²) in [4.78, 5) is 4.35. The van der Waals surface area contributed by atoms with Crippen LogP contribution in [0.2, 0.25) is 0 Å². The lowest BCUT2D eigenvalue weighted by atomic mass is 10.1. The number of aromatic nitrogens is 1. The molecule has 1 fully saturated rings. The Morgan fingerprint density at radius 1 is 1.33 bits per heavy atom. The number of hydrogen-bond donors (Lipinski definition) is 1. The highest BCUT2D eigenvalue weighted by molar-refractivity contribution is 7.99. The fourth-order valence-electron chi connectivity index (χ4n) is 1.94. The van der Waals surface area contributed by atoms with Gasteiger partial charge in [0.1, 0.15) is 6.26 Å². The first kappa shape index (κ1) is 14.5. The molecule has 1 aromatic carbocycles. The topological polar surface area (TPSA) is 38.1 Å². The third kappa shape index (κ3) is 3.79. The lowest BCUT2D eigenvalue weighted by Gasteiger charge is -2.14. The first-order valence-electron chi connectivity index (χ1n) is 6.53. The van der Waals surface area contributed by atoms with Crippen LogP contribution in [0.3, 0.4) is 0 Å². The Morgan fingerprint density at radius 2 is 2.14 bits per heavy atom. The second-order valence-corrected chi connectivity index (χ2v) is 5.90. The number of nitrogens with zero attached hydrogens (tertiary/aromatic N) is 1. The maximum absolute atomic E-state index is 13.2. The quantitative estimate of drug-likeness (QED) is 0.902. The lowest BCUT2D eigenvalue weighted by molar-refractivity contribution is -0.138. The zero-order valence-corrected chi connectivity index (χ0v) is 11.8. The Balaban J connectivity index is 1.82. The summed E-state index contributed by atoms with van der Waals surface area (Å²) >= 11 is 1.07. The molecule has 0 atom stereocenters. The molecule has 0 unspecified atom stereocenters. The fraction of sp³-hybridized carbons (Fsp3) is 0.357. The van der Waals surface area contributed by atoms with Gasteiger partial charge < -0.3 is 9.73 Å². The first-order valence-corrected chi connectivity index (χ1v) is 7.35. The number of benzene rings is 1. The summed E-state index contributed by atoms with van der Waals surface area (Å²) in [7, 11) is 0. The zero-order valence-electron chi connectivity index (χ0n) is 11.0. The normalized spacial score (nSPS) is 15.4. The van der Waals surface area contributed by atoms with Crippen LogP contribution in [0.1, 0.15) is 24.0 Å². The molecule has 1 heterocycles. The molecule has 1 aromatic heterocycles. The van der Waals surface area contributed by atoms with Gasteiger partial charge in [-0.05, 0) is 42.3 Å². The third-order valence-electron chi connectivity index (χ3n) is 3.16. The van der Waals surface area contributed by atoms with Crippen LogP contribution < -0.4 is 5.32 Å². The summed E-state index contributed by atoms with van der Waals surface area (Å²) in [6.45, 7) is 0.240. The molecule has 7 heteroatoms. The minimum Gasteiger partial charge on any atom is -0.440 e. The maximum atomic E-state index is 13.2. The van der Waals surface area contributed by atoms with Gasteiger partial charge in [-0.25, -0.2) is 4.98 Å². The highest BCUT2D eigenvalue weighted by Crippen LogP contribution is 2.36. The van der Waals surface area contributed by atoms with Crippen molar-refractivity contribution >= 4 is 11.8 Å². The van der Waals surface area contributed by atoms with Gasteiger partial charge in [0, 0.05) is 17.5 Å². The Kier molecular flexibility index (Phi) is 3.95. The van der Waals surface area contributed by atoms with E-state index >= 15 is 0 Å². The van der Waals surface area contributed by atoms with Crippen molar-refractivity contribution < 1.29 is 17.6 Å². The van der Waals surface area contributed by atoms with Crippen LogP contribution in [-0.2, 0) is 12.7 Å². The first-order chi connectivity index (χ1) is 10.0. The van der Waals surface area contributed by atoms with Gasteiger partial charge in [0.25, 0.3) is 5.22 Å². The minimum atomic E-state index is -4.37. The van der Waals surface area contributed by atoms with Crippen molar-refractivity contribution in [2.75, 3.05) is 0 Å². The Labute approximate surface area is 123 Å². The summed E-state index contributed by atoms with van der Waals surface area (Å²) in [5.74, 6) is 0. The average molecular weight is 314 g/mol. The van der Waals surface area contributed by atoms with Crippen molar-refractivity contribution in [3.05, 3.63) is 41.8 Å². The van der Waals surface area contributed by atoms with E-state index in [4.69, 9.17) is 4.42 Å². The molecule has 0 saturated heterocycles. The Hall–Kier alpha value is -1.47. The molecule has 1 saturated carbocycles. The zero-order chi connectivity index (χ0) is 14.9. The monoisotopic (exact) mass is 314 g/mol. The van der Waals surface area contributed by atoms with E-state index in [1.807, 2.05) is 0 Å². The van der Waals surface area contributed by atoms with E-state index in [9.17, 15) is 13.2 Å². The third-order valence-corrected chi connectivity index (χ3v) is 4.03. The maximum Gasteiger partial charge on any atom is 0.416 e. The predicted molar refractivity (Wildman–Crippen MR) is 71.9 cm³/mol. The van der Waals surface area contributed by atoms with Crippen LogP contribution in [0.15, 0.2) is 45.2 Å². The summed E-state index contributed by atoms with van der Waals surface area (Å²) in [6, 6.07) is 4.70. The van der Waals surface area contributed by atoms with Crippen molar-refractivity contribution in [3.8, 4) is 0 Å². The van der Waals surface area contributed by atoms with Gasteiger partial charge in [0.2, 0.25) is 0 Å². The largest absolute Gasteiger partial charge is 0.440 e. The fourth-order valence-corrected chi connectivity index (χ4v) is 2.67. The SMILES string of the molecule is FC(F)(F)c1cc(Sc2ncco2)ccc1CNC1CC1. The molecular weight excluding hydrogens is 301 g/mol. The van der Waals surface area contributed by atoms with E-state index in [1.54, 1.807) is 6.07 Å². The molecule has 1 N–H and O–H groups in total. The van der Waals surface area contributed by atoms with E-state index in [0.29, 0.717) is 16.2 Å². The van der Waals surface area contributed by atoms with Crippen LogP contribution in [-0.4, -0.2) is 11.0 Å². The van der Waals surface area contributed by atoms with Crippen molar-refractivity contribution in [3.63, 3.8) is 0 Å².